The molecule has 1 aromatic carbocycles. The molecule has 0 aliphatic rings. The van der Waals surface area contributed by atoms with Crippen LogP contribution in [0.4, 0.5) is 5.69 Å². The third-order valence-electron chi connectivity index (χ3n) is 2.85. The highest BCUT2D eigenvalue weighted by Gasteiger charge is 2.25. The van der Waals surface area contributed by atoms with E-state index in [2.05, 4.69) is 4.98 Å². The summed E-state index contributed by atoms with van der Waals surface area (Å²) < 4.78 is 26.1. The van der Waals surface area contributed by atoms with Crippen LogP contribution in [0.3, 0.4) is 0 Å². The van der Waals surface area contributed by atoms with E-state index in [9.17, 15) is 8.42 Å². The summed E-state index contributed by atoms with van der Waals surface area (Å²) in [5.74, 6) is 0. The largest absolute Gasteiger partial charge is 0.269 e. The van der Waals surface area contributed by atoms with E-state index in [0.717, 1.165) is 4.31 Å². The van der Waals surface area contributed by atoms with Gasteiger partial charge in [0.25, 0.3) is 10.0 Å². The molecule has 0 fully saturated rings. The molecule has 0 bridgehead atoms. The van der Waals surface area contributed by atoms with Crippen molar-refractivity contribution in [3.05, 3.63) is 53.9 Å². The molecule has 7 heteroatoms. The van der Waals surface area contributed by atoms with Gasteiger partial charge >= 0.3 is 0 Å². The van der Waals surface area contributed by atoms with Crippen molar-refractivity contribution in [1.82, 2.24) is 4.98 Å². The van der Waals surface area contributed by atoms with Crippen LogP contribution in [0.1, 0.15) is 11.3 Å². The van der Waals surface area contributed by atoms with Crippen molar-refractivity contribution < 1.29 is 8.42 Å². The molecule has 6 nitrogen and oxygen atoms in total. The predicted molar refractivity (Wildman–Crippen MR) is 75.7 cm³/mol. The van der Waals surface area contributed by atoms with Crippen LogP contribution in [0.2, 0.25) is 0 Å². The molecule has 0 amide bonds. The zero-order valence-corrected chi connectivity index (χ0v) is 11.9. The van der Waals surface area contributed by atoms with Gasteiger partial charge in [-0.25, -0.2) is 13.4 Å². The lowest BCUT2D eigenvalue weighted by molar-refractivity contribution is 0.593. The molecule has 2 aromatic rings. The van der Waals surface area contributed by atoms with Crippen LogP contribution in [0.25, 0.3) is 0 Å². The lowest BCUT2D eigenvalue weighted by Gasteiger charge is -2.19. The van der Waals surface area contributed by atoms with Gasteiger partial charge in [-0.2, -0.15) is 10.5 Å². The minimum atomic E-state index is -3.92. The number of hydrogen-bond acceptors (Lipinski definition) is 5. The Labute approximate surface area is 122 Å². The second-order valence-electron chi connectivity index (χ2n) is 4.10. The third-order valence-corrected chi connectivity index (χ3v) is 4.67. The molecule has 0 unspecified atom stereocenters. The van der Waals surface area contributed by atoms with Gasteiger partial charge in [-0.1, -0.05) is 6.07 Å². The summed E-state index contributed by atoms with van der Waals surface area (Å²) in [6.45, 7) is 0. The molecular weight excluding hydrogens is 288 g/mol. The Morgan fingerprint density at radius 2 is 1.90 bits per heavy atom. The molecule has 21 heavy (non-hydrogen) atoms. The minimum absolute atomic E-state index is 0.166. The first-order valence-electron chi connectivity index (χ1n) is 5.85. The number of hydrogen-bond donors (Lipinski definition) is 0. The van der Waals surface area contributed by atoms with Gasteiger partial charge in [0.2, 0.25) is 0 Å². The van der Waals surface area contributed by atoms with Gasteiger partial charge in [0.05, 0.1) is 17.3 Å². The number of anilines is 1. The SMILES string of the molecule is CN(c1cccc(C#N)c1)S(=O)(=O)c1cccnc1C#N. The monoisotopic (exact) mass is 298 g/mol. The molecule has 1 heterocycles. The van der Waals surface area contributed by atoms with Crippen LogP contribution in [-0.4, -0.2) is 20.4 Å². The Kier molecular flexibility index (Phi) is 3.88. The van der Waals surface area contributed by atoms with Crippen LogP contribution >= 0.6 is 0 Å². The van der Waals surface area contributed by atoms with Crippen molar-refractivity contribution >= 4 is 15.7 Å². The van der Waals surface area contributed by atoms with Gasteiger partial charge < -0.3 is 0 Å². The van der Waals surface area contributed by atoms with Crippen molar-refractivity contribution in [1.29, 1.82) is 10.5 Å². The maximum atomic E-state index is 12.6. The highest BCUT2D eigenvalue weighted by atomic mass is 32.2. The molecule has 104 valence electrons. The zero-order chi connectivity index (χ0) is 15.5. The van der Waals surface area contributed by atoms with E-state index in [1.807, 2.05) is 6.07 Å². The molecular formula is C14H10N4O2S. The summed E-state index contributed by atoms with van der Waals surface area (Å²) in [4.78, 5) is 3.58. The summed E-state index contributed by atoms with van der Waals surface area (Å²) in [5.41, 5.74) is 0.517. The van der Waals surface area contributed by atoms with E-state index < -0.39 is 10.0 Å². The summed E-state index contributed by atoms with van der Waals surface area (Å²) in [7, 11) is -2.56. The van der Waals surface area contributed by atoms with Crippen molar-refractivity contribution in [2.24, 2.45) is 0 Å². The fourth-order valence-corrected chi connectivity index (χ4v) is 3.02. The number of pyridine rings is 1. The molecule has 0 N–H and O–H groups in total. The molecule has 0 atom stereocenters. The quantitative estimate of drug-likeness (QED) is 0.858. The van der Waals surface area contributed by atoms with Gasteiger partial charge in [0.1, 0.15) is 11.0 Å². The van der Waals surface area contributed by atoms with E-state index in [1.54, 1.807) is 24.3 Å². The number of benzene rings is 1. The van der Waals surface area contributed by atoms with Gasteiger partial charge in [-0.15, -0.1) is 0 Å². The number of sulfonamides is 1. The molecule has 0 spiro atoms. The fraction of sp³-hybridized carbons (Fsp3) is 0.0714. The van der Waals surface area contributed by atoms with Crippen molar-refractivity contribution in [3.8, 4) is 12.1 Å². The van der Waals surface area contributed by atoms with Crippen LogP contribution < -0.4 is 4.31 Å². The normalized spacial score (nSPS) is 10.4. The maximum Gasteiger partial charge on any atom is 0.266 e. The summed E-state index contributed by atoms with van der Waals surface area (Å²) in [6.07, 6.45) is 1.36. The molecule has 1 aromatic heterocycles. The van der Waals surface area contributed by atoms with Crippen LogP contribution in [0, 0.1) is 22.7 Å². The minimum Gasteiger partial charge on any atom is -0.269 e. The van der Waals surface area contributed by atoms with Crippen LogP contribution in [0.15, 0.2) is 47.5 Å². The highest BCUT2D eigenvalue weighted by Crippen LogP contribution is 2.23. The molecule has 0 saturated heterocycles. The van der Waals surface area contributed by atoms with Gasteiger partial charge in [-0.3, -0.25) is 4.31 Å². The Hall–Kier alpha value is -2.90. The summed E-state index contributed by atoms with van der Waals surface area (Å²) in [5, 5.41) is 17.9. The molecule has 0 saturated carbocycles. The lowest BCUT2D eigenvalue weighted by Crippen LogP contribution is -2.27. The number of nitrogens with zero attached hydrogens (tertiary/aromatic N) is 4. The average Bonchev–Trinajstić information content (AvgIpc) is 2.54. The first kappa shape index (κ1) is 14.5. The van der Waals surface area contributed by atoms with E-state index in [4.69, 9.17) is 10.5 Å². The zero-order valence-electron chi connectivity index (χ0n) is 11.1. The second-order valence-corrected chi connectivity index (χ2v) is 6.03. The van der Waals surface area contributed by atoms with Crippen LogP contribution in [-0.2, 0) is 10.0 Å². The molecule has 0 aliphatic heterocycles. The molecule has 0 aliphatic carbocycles. The summed E-state index contributed by atoms with van der Waals surface area (Å²) in [6, 6.07) is 12.7. The van der Waals surface area contributed by atoms with E-state index in [0.29, 0.717) is 11.3 Å². The lowest BCUT2D eigenvalue weighted by atomic mass is 10.2. The Balaban J connectivity index is 2.54. The van der Waals surface area contributed by atoms with E-state index in [1.165, 1.54) is 31.4 Å². The van der Waals surface area contributed by atoms with Crippen LogP contribution in [0.5, 0.6) is 0 Å². The molecule has 0 radical (unpaired) electrons. The Morgan fingerprint density at radius 1 is 1.14 bits per heavy atom. The van der Waals surface area contributed by atoms with E-state index in [-0.39, 0.29) is 10.6 Å². The first-order chi connectivity index (χ1) is 10.0. The highest BCUT2D eigenvalue weighted by molar-refractivity contribution is 7.92. The standard InChI is InChI=1S/C14H10N4O2S/c1-18(12-5-2-4-11(8-12)9-15)21(19,20)14-6-3-7-17-13(14)10-16/h2-8H,1H3. The number of nitriles is 2. The van der Waals surface area contributed by atoms with Gasteiger partial charge in [0.15, 0.2) is 5.69 Å². The van der Waals surface area contributed by atoms with Gasteiger partial charge in [0, 0.05) is 13.2 Å². The number of rotatable bonds is 3. The van der Waals surface area contributed by atoms with Crippen molar-refractivity contribution in [3.63, 3.8) is 0 Å². The predicted octanol–water partition coefficient (Wildman–Crippen LogP) is 1.65. The topological polar surface area (TPSA) is 97.8 Å². The fourth-order valence-electron chi connectivity index (χ4n) is 1.74. The van der Waals surface area contributed by atoms with Crippen molar-refractivity contribution in [2.45, 2.75) is 4.90 Å². The van der Waals surface area contributed by atoms with Crippen molar-refractivity contribution in [2.75, 3.05) is 11.4 Å². The Bertz CT molecular complexity index is 863. The first-order valence-corrected chi connectivity index (χ1v) is 7.29. The second kappa shape index (κ2) is 5.61. The van der Waals surface area contributed by atoms with E-state index >= 15 is 0 Å². The van der Waals surface area contributed by atoms with Gasteiger partial charge in [-0.05, 0) is 30.3 Å². The summed E-state index contributed by atoms with van der Waals surface area (Å²) >= 11 is 0. The maximum absolute atomic E-state index is 12.6. The molecule has 2 rings (SSSR count). The third kappa shape index (κ3) is 2.69. The Morgan fingerprint density at radius 3 is 2.57 bits per heavy atom. The average molecular weight is 298 g/mol. The number of aromatic nitrogens is 1. The smallest absolute Gasteiger partial charge is 0.266 e.